The first-order valence-electron chi connectivity index (χ1n) is 25.8. The molecule has 9 aromatic rings. The summed E-state index contributed by atoms with van der Waals surface area (Å²) in [4.78, 5) is 0. The molecule has 348 valence electrons. The average molecular weight is 909 g/mol. The topological polar surface area (TPSA) is 0 Å². The molecule has 1 fully saturated rings. The summed E-state index contributed by atoms with van der Waals surface area (Å²) < 4.78 is 0. The lowest BCUT2D eigenvalue weighted by atomic mass is 9.73. The van der Waals surface area contributed by atoms with Crippen LogP contribution in [0.4, 0.5) is 0 Å². The molecule has 1 saturated carbocycles. The molecule has 0 aliphatic heterocycles. The predicted molar refractivity (Wildman–Crippen MR) is 301 cm³/mol. The fraction of sp³-hybridized carbons (Fsp3) is 0.229. The zero-order chi connectivity index (χ0) is 48.6. The van der Waals surface area contributed by atoms with Gasteiger partial charge in [-0.05, 0) is 158 Å². The predicted octanol–water partition coefficient (Wildman–Crippen LogP) is 19.5. The van der Waals surface area contributed by atoms with Crippen molar-refractivity contribution in [3.8, 4) is 66.8 Å². The van der Waals surface area contributed by atoms with E-state index in [-0.39, 0.29) is 10.8 Å². The van der Waals surface area contributed by atoms with Gasteiger partial charge in [-0.25, -0.2) is 0 Å². The number of hydrogen-bond acceptors (Lipinski definition) is 0. The molecule has 0 radical (unpaired) electrons. The summed E-state index contributed by atoms with van der Waals surface area (Å²) in [6.45, 7) is 18.2. The van der Waals surface area contributed by atoms with E-state index in [1.54, 1.807) is 5.56 Å². The van der Waals surface area contributed by atoms with Crippen LogP contribution >= 0.6 is 0 Å². The van der Waals surface area contributed by atoms with Gasteiger partial charge >= 0.3 is 0 Å². The lowest BCUT2D eigenvalue weighted by Gasteiger charge is -2.31. The first-order valence-corrected chi connectivity index (χ1v) is 25.8. The molecule has 9 aromatic carbocycles. The minimum Gasteiger partial charge on any atom is -0.0651 e. The van der Waals surface area contributed by atoms with Crippen LogP contribution in [0.2, 0.25) is 0 Å². The van der Waals surface area contributed by atoms with Gasteiger partial charge in [0.15, 0.2) is 0 Å². The van der Waals surface area contributed by atoms with E-state index in [0.717, 1.165) is 6.42 Å². The molecule has 0 aromatic heterocycles. The molecule has 0 nitrogen and oxygen atoms in total. The maximum Gasteiger partial charge on any atom is 0.0159 e. The van der Waals surface area contributed by atoms with E-state index in [2.05, 4.69) is 256 Å². The Balaban J connectivity index is 0.000000131. The Bertz CT molecular complexity index is 3320. The Morgan fingerprint density at radius 3 is 1.41 bits per heavy atom. The zero-order valence-electron chi connectivity index (χ0n) is 42.7. The highest BCUT2D eigenvalue weighted by molar-refractivity contribution is 5.87. The molecule has 0 N–H and O–H groups in total. The van der Waals surface area contributed by atoms with Crippen molar-refractivity contribution in [2.24, 2.45) is 0 Å². The summed E-state index contributed by atoms with van der Waals surface area (Å²) in [5.41, 5.74) is 29.4. The molecule has 0 saturated heterocycles. The van der Waals surface area contributed by atoms with Crippen molar-refractivity contribution in [2.75, 3.05) is 0 Å². The molecule has 0 bridgehead atoms. The van der Waals surface area contributed by atoms with Gasteiger partial charge in [-0.2, -0.15) is 0 Å². The molecule has 0 spiro atoms. The summed E-state index contributed by atoms with van der Waals surface area (Å²) in [5.74, 6) is 0.664. The number of fused-ring (bicyclic) bond motifs is 6. The van der Waals surface area contributed by atoms with Crippen LogP contribution in [0.1, 0.15) is 116 Å². The summed E-state index contributed by atoms with van der Waals surface area (Å²) in [5, 5.41) is 0. The quantitative estimate of drug-likeness (QED) is 0.149. The van der Waals surface area contributed by atoms with Crippen LogP contribution in [0.3, 0.4) is 0 Å². The molecular weight excluding hydrogens is 841 g/mol. The second kappa shape index (κ2) is 19.4. The summed E-state index contributed by atoms with van der Waals surface area (Å²) >= 11 is 0. The molecule has 3 aliphatic carbocycles. The highest BCUT2D eigenvalue weighted by atomic mass is 14.4. The summed E-state index contributed by atoms with van der Waals surface area (Å²) in [7, 11) is 0. The van der Waals surface area contributed by atoms with Gasteiger partial charge in [0.2, 0.25) is 0 Å². The van der Waals surface area contributed by atoms with Crippen LogP contribution in [-0.2, 0) is 17.3 Å². The highest BCUT2D eigenvalue weighted by Crippen LogP contribution is 2.52. The van der Waals surface area contributed by atoms with Crippen LogP contribution in [0.25, 0.3) is 66.8 Å². The van der Waals surface area contributed by atoms with E-state index < -0.39 is 0 Å². The number of rotatable bonds is 7. The number of hydrogen-bond donors (Lipinski definition) is 0. The fourth-order valence-electron chi connectivity index (χ4n) is 11.6. The lowest BCUT2D eigenvalue weighted by molar-refractivity contribution is 0.421. The first kappa shape index (κ1) is 46.7. The molecule has 0 unspecified atom stereocenters. The number of benzene rings is 9. The molecular formula is C70H68. The summed E-state index contributed by atoms with van der Waals surface area (Å²) in [6.07, 6.45) is 6.30. The van der Waals surface area contributed by atoms with E-state index >= 15 is 0 Å². The van der Waals surface area contributed by atoms with Gasteiger partial charge < -0.3 is 0 Å². The highest BCUT2D eigenvalue weighted by Gasteiger charge is 2.37. The van der Waals surface area contributed by atoms with E-state index in [0.29, 0.717) is 5.92 Å². The number of aryl methyl sites for hydroxylation is 4. The van der Waals surface area contributed by atoms with Gasteiger partial charge in [0, 0.05) is 10.8 Å². The maximum atomic E-state index is 2.49. The van der Waals surface area contributed by atoms with Crippen molar-refractivity contribution in [1.29, 1.82) is 0 Å². The Hall–Kier alpha value is -7.02. The van der Waals surface area contributed by atoms with Crippen molar-refractivity contribution in [3.63, 3.8) is 0 Å². The van der Waals surface area contributed by atoms with Gasteiger partial charge in [0.25, 0.3) is 0 Å². The van der Waals surface area contributed by atoms with E-state index in [4.69, 9.17) is 0 Å². The SMILES string of the molecule is CCCc1ccc(-c2ccccc2-c2ccccc2)cc1.Cc1ccc2c(c1)C(C)(C)c1cc(-c3cccc(-c4ccccc4C)c3C3CCC3)ccc1-2.Cc1ccc2c(c1)C(C)(C)c1ccccc1-2. The minimum absolute atomic E-state index is 0.0248. The second-order valence-electron chi connectivity index (χ2n) is 21.2. The second-order valence-corrected chi connectivity index (χ2v) is 21.2. The Kier molecular flexibility index (Phi) is 12.9. The average Bonchev–Trinajstić information content (AvgIpc) is 3.73. The molecule has 0 heterocycles. The van der Waals surface area contributed by atoms with E-state index in [9.17, 15) is 0 Å². The first-order chi connectivity index (χ1) is 33.9. The van der Waals surface area contributed by atoms with Crippen molar-refractivity contribution in [1.82, 2.24) is 0 Å². The van der Waals surface area contributed by atoms with Gasteiger partial charge in [-0.3, -0.25) is 0 Å². The Morgan fingerprint density at radius 2 is 0.829 bits per heavy atom. The summed E-state index contributed by atoms with van der Waals surface area (Å²) in [6, 6.07) is 73.7. The van der Waals surface area contributed by atoms with Gasteiger partial charge in [-0.1, -0.05) is 253 Å². The van der Waals surface area contributed by atoms with Crippen LogP contribution in [0.5, 0.6) is 0 Å². The zero-order valence-corrected chi connectivity index (χ0v) is 42.7. The normalized spacial score (nSPS) is 14.4. The molecule has 70 heavy (non-hydrogen) atoms. The molecule has 0 heteroatoms. The Morgan fingerprint density at radius 1 is 0.371 bits per heavy atom. The maximum absolute atomic E-state index is 2.49. The van der Waals surface area contributed by atoms with Gasteiger partial charge in [0.05, 0.1) is 0 Å². The smallest absolute Gasteiger partial charge is 0.0159 e. The standard InChI is InChI=1S/C33H32.C21H20.C16H16/c1-21-15-17-27-28-18-16-24(20-31(28)33(3,4)30(27)19-21)26-13-8-14-29(32(26)23-10-7-11-23)25-12-6-5-9-22(25)2;1-2-8-17-13-15-19(16-14-17)21-12-7-6-11-20(21)18-9-4-3-5-10-18;1-11-8-9-13-12-6-4-5-7-14(12)16(2,3)15(13)10-11/h5-6,8-9,12-20,23H,7,10-11H2,1-4H3;3-7,9-16H,2,8H2,1H3;4-10H,1-3H3. The van der Waals surface area contributed by atoms with Crippen LogP contribution in [0.15, 0.2) is 200 Å². The van der Waals surface area contributed by atoms with Gasteiger partial charge in [-0.15, -0.1) is 0 Å². The minimum atomic E-state index is 0.0248. The molecule has 12 rings (SSSR count). The van der Waals surface area contributed by atoms with Crippen molar-refractivity contribution >= 4 is 0 Å². The fourth-order valence-corrected chi connectivity index (χ4v) is 11.6. The van der Waals surface area contributed by atoms with Crippen LogP contribution < -0.4 is 0 Å². The van der Waals surface area contributed by atoms with Crippen molar-refractivity contribution in [2.45, 2.75) is 104 Å². The van der Waals surface area contributed by atoms with E-state index in [1.165, 1.54) is 137 Å². The van der Waals surface area contributed by atoms with Crippen molar-refractivity contribution < 1.29 is 0 Å². The third kappa shape index (κ3) is 8.79. The molecule has 3 aliphatic rings. The molecule has 0 amide bonds. The lowest BCUT2D eigenvalue weighted by Crippen LogP contribution is -2.15. The van der Waals surface area contributed by atoms with Crippen LogP contribution in [0, 0.1) is 20.8 Å². The van der Waals surface area contributed by atoms with E-state index in [1.807, 2.05) is 0 Å². The third-order valence-corrected chi connectivity index (χ3v) is 15.8. The van der Waals surface area contributed by atoms with Gasteiger partial charge in [0.1, 0.15) is 0 Å². The largest absolute Gasteiger partial charge is 0.0651 e. The Labute approximate surface area is 419 Å². The molecule has 0 atom stereocenters. The van der Waals surface area contributed by atoms with Crippen molar-refractivity contribution in [3.05, 3.63) is 250 Å². The monoisotopic (exact) mass is 909 g/mol. The van der Waals surface area contributed by atoms with Crippen LogP contribution in [-0.4, -0.2) is 0 Å². The third-order valence-electron chi connectivity index (χ3n) is 15.8.